The summed E-state index contributed by atoms with van der Waals surface area (Å²) in [5, 5.41) is 4.04. The number of benzene rings is 2. The van der Waals surface area contributed by atoms with Gasteiger partial charge in [0.25, 0.3) is 0 Å². The molecule has 0 spiro atoms. The Morgan fingerprint density at radius 2 is 1.75 bits per heavy atom. The molecule has 0 aromatic heterocycles. The van der Waals surface area contributed by atoms with E-state index in [0.717, 1.165) is 36.8 Å². The molecule has 0 radical (unpaired) electrons. The average molecular weight is 497 g/mol. The standard InChI is InChI=1S/C24H27Cl2FN2O2S/c1-16(24(31)28-20-4-2-3-5-20)29(13-17-6-9-19(27)10-7-17)23(30)15-32-14-18-8-11-21(25)22(26)12-18/h6-12,16,20H,2-5,13-15H2,1H3,(H,28,31)/t16-/m1/s1. The van der Waals surface area contributed by atoms with Crippen LogP contribution in [0.5, 0.6) is 0 Å². The van der Waals surface area contributed by atoms with Crippen LogP contribution >= 0.6 is 35.0 Å². The van der Waals surface area contributed by atoms with Crippen molar-refractivity contribution in [3.63, 3.8) is 0 Å². The molecule has 0 aliphatic heterocycles. The molecule has 4 nitrogen and oxygen atoms in total. The van der Waals surface area contributed by atoms with Gasteiger partial charge in [0.2, 0.25) is 11.8 Å². The number of amides is 2. The van der Waals surface area contributed by atoms with Crippen molar-refractivity contribution in [1.29, 1.82) is 0 Å². The second-order valence-electron chi connectivity index (χ2n) is 8.06. The van der Waals surface area contributed by atoms with Crippen LogP contribution in [-0.4, -0.2) is 34.6 Å². The third-order valence-electron chi connectivity index (χ3n) is 5.61. The molecule has 32 heavy (non-hydrogen) atoms. The van der Waals surface area contributed by atoms with Crippen LogP contribution in [0.2, 0.25) is 10.0 Å². The summed E-state index contributed by atoms with van der Waals surface area (Å²) in [4.78, 5) is 27.5. The normalized spacial score (nSPS) is 14.9. The number of thioether (sulfide) groups is 1. The summed E-state index contributed by atoms with van der Waals surface area (Å²) in [5.74, 6) is 0.171. The second kappa shape index (κ2) is 11.9. The summed E-state index contributed by atoms with van der Waals surface area (Å²) < 4.78 is 13.3. The van der Waals surface area contributed by atoms with Crippen molar-refractivity contribution in [3.8, 4) is 0 Å². The highest BCUT2D eigenvalue weighted by Crippen LogP contribution is 2.25. The van der Waals surface area contributed by atoms with Gasteiger partial charge in [0, 0.05) is 18.3 Å². The zero-order chi connectivity index (χ0) is 23.1. The highest BCUT2D eigenvalue weighted by molar-refractivity contribution is 7.99. The summed E-state index contributed by atoms with van der Waals surface area (Å²) in [6.45, 7) is 1.99. The Bertz CT molecular complexity index is 936. The van der Waals surface area contributed by atoms with E-state index in [2.05, 4.69) is 5.32 Å². The topological polar surface area (TPSA) is 49.4 Å². The molecule has 1 aliphatic carbocycles. The van der Waals surface area contributed by atoms with Crippen molar-refractivity contribution >= 4 is 46.8 Å². The molecule has 1 N–H and O–H groups in total. The van der Waals surface area contributed by atoms with E-state index in [4.69, 9.17) is 23.2 Å². The Morgan fingerprint density at radius 3 is 2.41 bits per heavy atom. The van der Waals surface area contributed by atoms with Gasteiger partial charge in [-0.05, 0) is 55.2 Å². The maximum Gasteiger partial charge on any atom is 0.242 e. The molecule has 0 bridgehead atoms. The minimum atomic E-state index is -0.626. The number of hydrogen-bond acceptors (Lipinski definition) is 3. The predicted octanol–water partition coefficient (Wildman–Crippen LogP) is 5.84. The van der Waals surface area contributed by atoms with E-state index in [0.29, 0.717) is 15.8 Å². The van der Waals surface area contributed by atoms with Crippen molar-refractivity contribution in [2.75, 3.05) is 5.75 Å². The lowest BCUT2D eigenvalue weighted by Gasteiger charge is -2.29. The average Bonchev–Trinajstić information content (AvgIpc) is 3.28. The van der Waals surface area contributed by atoms with Crippen molar-refractivity contribution in [1.82, 2.24) is 10.2 Å². The van der Waals surface area contributed by atoms with Gasteiger partial charge >= 0.3 is 0 Å². The monoisotopic (exact) mass is 496 g/mol. The molecule has 1 saturated carbocycles. The molecular formula is C24H27Cl2FN2O2S. The number of carbonyl (C=O) groups is 2. The largest absolute Gasteiger partial charge is 0.352 e. The number of nitrogens with one attached hydrogen (secondary N) is 1. The minimum absolute atomic E-state index is 0.145. The molecule has 2 aromatic rings. The van der Waals surface area contributed by atoms with Crippen LogP contribution in [0.1, 0.15) is 43.7 Å². The molecule has 3 rings (SSSR count). The maximum atomic E-state index is 13.3. The fourth-order valence-corrected chi connectivity index (χ4v) is 4.91. The molecule has 0 unspecified atom stereocenters. The lowest BCUT2D eigenvalue weighted by atomic mass is 10.1. The van der Waals surface area contributed by atoms with E-state index in [1.807, 2.05) is 6.07 Å². The molecule has 172 valence electrons. The molecule has 1 fully saturated rings. The van der Waals surface area contributed by atoms with E-state index in [1.165, 1.54) is 23.9 Å². The molecular weight excluding hydrogens is 470 g/mol. The Morgan fingerprint density at radius 1 is 1.09 bits per heavy atom. The van der Waals surface area contributed by atoms with Crippen LogP contribution < -0.4 is 5.32 Å². The summed E-state index contributed by atoms with van der Waals surface area (Å²) >= 11 is 13.5. The number of rotatable bonds is 9. The minimum Gasteiger partial charge on any atom is -0.352 e. The van der Waals surface area contributed by atoms with E-state index in [-0.39, 0.29) is 36.0 Å². The first-order valence-electron chi connectivity index (χ1n) is 10.7. The van der Waals surface area contributed by atoms with Crippen molar-refractivity contribution < 1.29 is 14.0 Å². The zero-order valence-electron chi connectivity index (χ0n) is 18.0. The second-order valence-corrected chi connectivity index (χ2v) is 9.86. The maximum absolute atomic E-state index is 13.3. The summed E-state index contributed by atoms with van der Waals surface area (Å²) in [5.41, 5.74) is 1.74. The van der Waals surface area contributed by atoms with Crippen LogP contribution in [-0.2, 0) is 21.9 Å². The Hall–Kier alpha value is -1.76. The molecule has 1 atom stereocenters. The first-order chi connectivity index (χ1) is 15.3. The first kappa shape index (κ1) is 24.9. The van der Waals surface area contributed by atoms with Crippen molar-refractivity contribution in [2.24, 2.45) is 0 Å². The van der Waals surface area contributed by atoms with Crippen LogP contribution in [0.25, 0.3) is 0 Å². The quantitative estimate of drug-likeness (QED) is 0.474. The number of carbonyl (C=O) groups excluding carboxylic acids is 2. The summed E-state index contributed by atoms with van der Waals surface area (Å²) in [6, 6.07) is 10.9. The summed E-state index contributed by atoms with van der Waals surface area (Å²) in [6.07, 6.45) is 4.18. The lowest BCUT2D eigenvalue weighted by Crippen LogP contribution is -2.50. The fourth-order valence-electron chi connectivity index (χ4n) is 3.73. The predicted molar refractivity (Wildman–Crippen MR) is 129 cm³/mol. The molecule has 2 aromatic carbocycles. The fraction of sp³-hybridized carbons (Fsp3) is 0.417. The van der Waals surface area contributed by atoms with Crippen LogP contribution in [0.4, 0.5) is 4.39 Å². The SMILES string of the molecule is C[C@H](C(=O)NC1CCCC1)N(Cc1ccc(F)cc1)C(=O)CSCc1ccc(Cl)c(Cl)c1. The highest BCUT2D eigenvalue weighted by atomic mass is 35.5. The van der Waals surface area contributed by atoms with E-state index < -0.39 is 6.04 Å². The van der Waals surface area contributed by atoms with Gasteiger partial charge in [-0.3, -0.25) is 9.59 Å². The molecule has 0 saturated heterocycles. The van der Waals surface area contributed by atoms with Gasteiger partial charge in [0.15, 0.2) is 0 Å². The van der Waals surface area contributed by atoms with Crippen molar-refractivity contribution in [2.45, 2.75) is 57.0 Å². The Balaban J connectivity index is 1.65. The Labute approximate surface area is 202 Å². The number of hydrogen-bond donors (Lipinski definition) is 1. The Kier molecular flexibility index (Phi) is 9.26. The third-order valence-corrected chi connectivity index (χ3v) is 7.34. The van der Waals surface area contributed by atoms with Crippen LogP contribution in [0.15, 0.2) is 42.5 Å². The van der Waals surface area contributed by atoms with E-state index in [9.17, 15) is 14.0 Å². The zero-order valence-corrected chi connectivity index (χ0v) is 20.3. The lowest BCUT2D eigenvalue weighted by molar-refractivity contribution is -0.138. The van der Waals surface area contributed by atoms with Gasteiger partial charge < -0.3 is 10.2 Å². The number of nitrogens with zero attached hydrogens (tertiary/aromatic N) is 1. The smallest absolute Gasteiger partial charge is 0.242 e. The highest BCUT2D eigenvalue weighted by Gasteiger charge is 2.28. The van der Waals surface area contributed by atoms with E-state index >= 15 is 0 Å². The van der Waals surface area contributed by atoms with Crippen LogP contribution in [0.3, 0.4) is 0 Å². The first-order valence-corrected chi connectivity index (χ1v) is 12.6. The van der Waals surface area contributed by atoms with E-state index in [1.54, 1.807) is 36.1 Å². The molecule has 1 aliphatic rings. The molecule has 8 heteroatoms. The summed E-state index contributed by atoms with van der Waals surface area (Å²) in [7, 11) is 0. The molecule has 2 amide bonds. The van der Waals surface area contributed by atoms with Crippen LogP contribution in [0, 0.1) is 5.82 Å². The number of halogens is 3. The van der Waals surface area contributed by atoms with Gasteiger partial charge in [-0.2, -0.15) is 0 Å². The van der Waals surface area contributed by atoms with Gasteiger partial charge in [-0.25, -0.2) is 4.39 Å². The molecule has 0 heterocycles. The van der Waals surface area contributed by atoms with Gasteiger partial charge in [-0.15, -0.1) is 11.8 Å². The van der Waals surface area contributed by atoms with Gasteiger partial charge in [-0.1, -0.05) is 54.2 Å². The van der Waals surface area contributed by atoms with Gasteiger partial charge in [0.1, 0.15) is 11.9 Å². The van der Waals surface area contributed by atoms with Gasteiger partial charge in [0.05, 0.1) is 15.8 Å². The third kappa shape index (κ3) is 7.12. The van der Waals surface area contributed by atoms with Crippen molar-refractivity contribution in [3.05, 3.63) is 69.5 Å².